The van der Waals surface area contributed by atoms with E-state index in [0.29, 0.717) is 24.7 Å². The summed E-state index contributed by atoms with van der Waals surface area (Å²) in [4.78, 5) is 22.8. The summed E-state index contributed by atoms with van der Waals surface area (Å²) in [7, 11) is 0. The first-order valence-corrected chi connectivity index (χ1v) is 15.3. The van der Waals surface area contributed by atoms with E-state index >= 15 is 0 Å². The summed E-state index contributed by atoms with van der Waals surface area (Å²) in [6.07, 6.45) is 12.7. The molecule has 0 spiro atoms. The largest absolute Gasteiger partial charge is 0.476 e. The zero-order chi connectivity index (χ0) is 30.2. The highest BCUT2D eigenvalue weighted by atomic mass is 16.5. The topological polar surface area (TPSA) is 87.5 Å². The predicted octanol–water partition coefficient (Wildman–Crippen LogP) is 5.41. The van der Waals surface area contributed by atoms with Gasteiger partial charge in [0.2, 0.25) is 5.88 Å². The molecular formula is C34H43N7O2. The smallest absolute Gasteiger partial charge is 0.272 e. The van der Waals surface area contributed by atoms with Crippen LogP contribution in [0.3, 0.4) is 0 Å². The van der Waals surface area contributed by atoms with Gasteiger partial charge in [0.25, 0.3) is 5.91 Å². The average Bonchev–Trinajstić information content (AvgIpc) is 3.39. The molecule has 0 radical (unpaired) electrons. The molecule has 2 aliphatic heterocycles. The molecule has 9 heteroatoms. The molecular weight excluding hydrogens is 538 g/mol. The molecule has 2 aliphatic rings. The van der Waals surface area contributed by atoms with Gasteiger partial charge in [-0.1, -0.05) is 51.1 Å². The fraction of sp³-hybridized carbons (Fsp3) is 0.382. The van der Waals surface area contributed by atoms with Crippen LogP contribution in [0.15, 0.2) is 84.4 Å². The number of ether oxygens (including phenoxy) is 1. The lowest BCUT2D eigenvalue weighted by Gasteiger charge is -2.26. The normalized spacial score (nSPS) is 16.9. The van der Waals surface area contributed by atoms with Gasteiger partial charge in [0.05, 0.1) is 29.1 Å². The van der Waals surface area contributed by atoms with Crippen LogP contribution in [0.1, 0.15) is 51.4 Å². The van der Waals surface area contributed by atoms with E-state index in [4.69, 9.17) is 14.8 Å². The van der Waals surface area contributed by atoms with Crippen molar-refractivity contribution >= 4 is 22.5 Å². The van der Waals surface area contributed by atoms with Gasteiger partial charge in [-0.15, -0.1) is 0 Å². The fourth-order valence-corrected chi connectivity index (χ4v) is 5.50. The van der Waals surface area contributed by atoms with Crippen LogP contribution in [0.2, 0.25) is 0 Å². The number of piperazine rings is 1. The van der Waals surface area contributed by atoms with Gasteiger partial charge in [-0.3, -0.25) is 14.4 Å². The molecule has 4 heterocycles. The van der Waals surface area contributed by atoms with Gasteiger partial charge >= 0.3 is 0 Å². The molecule has 1 aromatic carbocycles. The van der Waals surface area contributed by atoms with Gasteiger partial charge in [-0.2, -0.15) is 5.10 Å². The van der Waals surface area contributed by atoms with Crippen molar-refractivity contribution in [3.8, 4) is 5.88 Å². The predicted molar refractivity (Wildman–Crippen MR) is 173 cm³/mol. The first-order valence-electron chi connectivity index (χ1n) is 15.3. The van der Waals surface area contributed by atoms with Crippen LogP contribution in [-0.4, -0.2) is 69.8 Å². The van der Waals surface area contributed by atoms with Crippen molar-refractivity contribution in [3.05, 3.63) is 95.8 Å². The van der Waals surface area contributed by atoms with Crippen molar-refractivity contribution in [1.29, 1.82) is 0 Å². The Morgan fingerprint density at radius 3 is 2.72 bits per heavy atom. The van der Waals surface area contributed by atoms with E-state index in [2.05, 4.69) is 48.4 Å². The average molecular weight is 582 g/mol. The van der Waals surface area contributed by atoms with Gasteiger partial charge in [0, 0.05) is 56.1 Å². The molecule has 0 aliphatic carbocycles. The highest BCUT2D eigenvalue weighted by Crippen LogP contribution is 2.32. The lowest BCUT2D eigenvalue weighted by molar-refractivity contribution is -0.113. The molecule has 1 saturated heterocycles. The molecule has 226 valence electrons. The molecule has 1 fully saturated rings. The van der Waals surface area contributed by atoms with Crippen LogP contribution in [0.5, 0.6) is 5.88 Å². The number of anilines is 1. The Bertz CT molecular complexity index is 1540. The molecule has 0 unspecified atom stereocenters. The number of fused-ring (bicyclic) bond motifs is 1. The third-order valence-electron chi connectivity index (χ3n) is 7.63. The molecule has 3 aromatic rings. The second kappa shape index (κ2) is 14.3. The number of carbonyl (C=O) groups is 1. The molecule has 0 bridgehead atoms. The Morgan fingerprint density at radius 1 is 1.14 bits per heavy atom. The Kier molecular flexibility index (Phi) is 10.1. The minimum Gasteiger partial charge on any atom is -0.476 e. The second-order valence-electron chi connectivity index (χ2n) is 11.0. The van der Waals surface area contributed by atoms with E-state index in [0.717, 1.165) is 72.8 Å². The van der Waals surface area contributed by atoms with E-state index in [1.165, 1.54) is 0 Å². The number of hydrogen-bond acceptors (Lipinski definition) is 7. The van der Waals surface area contributed by atoms with E-state index in [-0.39, 0.29) is 11.8 Å². The lowest BCUT2D eigenvalue weighted by atomic mass is 10.0. The molecule has 1 amide bonds. The lowest BCUT2D eigenvalue weighted by Crippen LogP contribution is -2.44. The highest BCUT2D eigenvalue weighted by molar-refractivity contribution is 6.09. The number of amides is 1. The van der Waals surface area contributed by atoms with E-state index in [9.17, 15) is 4.79 Å². The maximum atomic E-state index is 13.7. The zero-order valence-electron chi connectivity index (χ0n) is 25.7. The Balaban J connectivity index is 1.36. The maximum absolute atomic E-state index is 13.7. The number of aromatic nitrogens is 3. The quantitative estimate of drug-likeness (QED) is 0.293. The minimum absolute atomic E-state index is 0.157. The SMILES string of the molecule is CC=C(C(=O)Nc1cccc2c1c(C(C)C)nn2Cc1cccc(OCCN2CCNCC2)n1)N1C=CC=CC1=CCC. The van der Waals surface area contributed by atoms with Crippen molar-refractivity contribution in [2.75, 3.05) is 44.6 Å². The number of hydrogen-bond donors (Lipinski definition) is 2. The highest BCUT2D eigenvalue weighted by Gasteiger charge is 2.22. The monoisotopic (exact) mass is 581 g/mol. The summed E-state index contributed by atoms with van der Waals surface area (Å²) in [5.74, 6) is 0.606. The number of rotatable bonds is 11. The third kappa shape index (κ3) is 7.24. The molecule has 43 heavy (non-hydrogen) atoms. The van der Waals surface area contributed by atoms with Crippen LogP contribution in [-0.2, 0) is 11.3 Å². The number of pyridine rings is 1. The summed E-state index contributed by atoms with van der Waals surface area (Å²) < 4.78 is 7.99. The molecule has 5 rings (SSSR count). The van der Waals surface area contributed by atoms with Crippen LogP contribution < -0.4 is 15.4 Å². The Labute approximate surface area is 254 Å². The van der Waals surface area contributed by atoms with Crippen LogP contribution >= 0.6 is 0 Å². The van der Waals surface area contributed by atoms with Crippen molar-refractivity contribution < 1.29 is 9.53 Å². The molecule has 0 saturated carbocycles. The van der Waals surface area contributed by atoms with Gasteiger partial charge in [0.15, 0.2) is 0 Å². The second-order valence-corrected chi connectivity index (χ2v) is 11.0. The summed E-state index contributed by atoms with van der Waals surface area (Å²) in [6, 6.07) is 11.8. The summed E-state index contributed by atoms with van der Waals surface area (Å²) >= 11 is 0. The van der Waals surface area contributed by atoms with Gasteiger partial charge in [0.1, 0.15) is 12.3 Å². The van der Waals surface area contributed by atoms with E-state index in [1.54, 1.807) is 0 Å². The maximum Gasteiger partial charge on any atom is 0.272 e. The third-order valence-corrected chi connectivity index (χ3v) is 7.63. The Hall–Kier alpha value is -4.21. The van der Waals surface area contributed by atoms with Crippen LogP contribution in [0, 0.1) is 0 Å². The van der Waals surface area contributed by atoms with Crippen molar-refractivity contribution in [3.63, 3.8) is 0 Å². The van der Waals surface area contributed by atoms with E-state index < -0.39 is 0 Å². The minimum atomic E-state index is -0.174. The molecule has 2 aromatic heterocycles. The number of benzene rings is 1. The van der Waals surface area contributed by atoms with Crippen molar-refractivity contribution in [1.82, 2.24) is 29.9 Å². The van der Waals surface area contributed by atoms with Gasteiger partial charge < -0.3 is 20.3 Å². The summed E-state index contributed by atoms with van der Waals surface area (Å²) in [5, 5.41) is 12.5. The molecule has 2 N–H and O–H groups in total. The number of nitrogens with one attached hydrogen (secondary N) is 2. The number of allylic oxidation sites excluding steroid dienone is 5. The fourth-order valence-electron chi connectivity index (χ4n) is 5.50. The molecule has 9 nitrogen and oxygen atoms in total. The zero-order valence-corrected chi connectivity index (χ0v) is 25.7. The first-order chi connectivity index (χ1) is 21.0. The van der Waals surface area contributed by atoms with Gasteiger partial charge in [-0.25, -0.2) is 4.98 Å². The Morgan fingerprint density at radius 2 is 1.95 bits per heavy atom. The van der Waals surface area contributed by atoms with Crippen molar-refractivity contribution in [2.45, 2.75) is 46.6 Å². The summed E-state index contributed by atoms with van der Waals surface area (Å²) in [5.41, 5.74) is 5.03. The van der Waals surface area contributed by atoms with Crippen LogP contribution in [0.4, 0.5) is 5.69 Å². The first kappa shape index (κ1) is 30.3. The van der Waals surface area contributed by atoms with E-state index in [1.807, 2.05) is 77.3 Å². The standard InChI is InChI=1S/C34H43N7O2/c1-5-11-27-13-7-8-19-40(27)29(6-2)34(42)37-28-14-10-15-30-32(28)33(25(3)4)38-41(30)24-26-12-9-16-31(36-26)43-23-22-39-20-17-35-18-21-39/h6-16,19,25,35H,5,17-18,20-24H2,1-4H3,(H,37,42). The van der Waals surface area contributed by atoms with Crippen LogP contribution in [0.25, 0.3) is 10.9 Å². The number of carbonyl (C=O) groups excluding carboxylic acids is 1. The van der Waals surface area contributed by atoms with Crippen molar-refractivity contribution in [2.24, 2.45) is 0 Å². The van der Waals surface area contributed by atoms with Gasteiger partial charge in [-0.05, 0) is 49.6 Å². The molecule has 0 atom stereocenters. The number of nitrogens with zero attached hydrogens (tertiary/aromatic N) is 5. The summed E-state index contributed by atoms with van der Waals surface area (Å²) in [6.45, 7) is 14.4.